The molecule has 3 aromatic carbocycles. The summed E-state index contributed by atoms with van der Waals surface area (Å²) in [5, 5.41) is 0. The molecule has 0 bridgehead atoms. The Kier molecular flexibility index (Phi) is 11.6. The molecule has 0 heterocycles. The maximum atomic E-state index is 3.67. The molecule has 2 aliphatic carbocycles. The second kappa shape index (κ2) is 12.9. The molecule has 0 radical (unpaired) electrons. The van der Waals surface area contributed by atoms with Crippen molar-refractivity contribution in [3.8, 4) is 0 Å². The Morgan fingerprint density at radius 2 is 1.44 bits per heavy atom. The van der Waals surface area contributed by atoms with E-state index in [0.717, 1.165) is 12.8 Å². The van der Waals surface area contributed by atoms with E-state index >= 15 is 0 Å². The Hall–Kier alpha value is -1.60. The molecule has 0 aliphatic heterocycles. The van der Waals surface area contributed by atoms with Crippen LogP contribution >= 0.6 is 0 Å². The Bertz CT molecular complexity index is 1030. The third-order valence-electron chi connectivity index (χ3n) is 7.85. The van der Waals surface area contributed by atoms with Gasteiger partial charge in [-0.2, -0.15) is 33.4 Å². The molecule has 1 atom stereocenters. The van der Waals surface area contributed by atoms with Crippen LogP contribution in [0, 0.1) is 55.5 Å². The van der Waals surface area contributed by atoms with Crippen molar-refractivity contribution in [3.05, 3.63) is 119 Å². The topological polar surface area (TPSA) is 0 Å². The molecule has 0 saturated carbocycles. The summed E-state index contributed by atoms with van der Waals surface area (Å²) < 4.78 is 0. The first-order chi connectivity index (χ1) is 14.9. The van der Waals surface area contributed by atoms with Crippen molar-refractivity contribution in [1.82, 2.24) is 0 Å². The predicted octanol–water partition coefficient (Wildman–Crippen LogP) is 8.96. The number of fused-ring (bicyclic) bond motifs is 3. The third-order valence-corrected chi connectivity index (χ3v) is 7.85. The van der Waals surface area contributed by atoms with E-state index < -0.39 is 0 Å². The number of hydrogen-bond donors (Lipinski definition) is 0. The van der Waals surface area contributed by atoms with Crippen LogP contribution in [0.15, 0.2) is 42.5 Å². The normalized spacial score (nSPS) is 13.8. The Morgan fingerprint density at radius 3 is 2.00 bits per heavy atom. The summed E-state index contributed by atoms with van der Waals surface area (Å²) in [7, 11) is 0. The molecule has 0 fully saturated rings. The van der Waals surface area contributed by atoms with Crippen molar-refractivity contribution in [2.24, 2.45) is 0 Å². The quantitative estimate of drug-likeness (QED) is 0.204. The number of rotatable bonds is 3. The average molecular weight is 617 g/mol. The summed E-state index contributed by atoms with van der Waals surface area (Å²) in [6.07, 6.45) is 9.66. The minimum absolute atomic E-state index is 0. The van der Waals surface area contributed by atoms with Crippen LogP contribution in [0.2, 0.25) is 0 Å². The molecular formula is C33H42Hf. The fourth-order valence-corrected chi connectivity index (χ4v) is 5.31. The van der Waals surface area contributed by atoms with E-state index in [4.69, 9.17) is 0 Å². The molecule has 0 saturated heterocycles. The van der Waals surface area contributed by atoms with Gasteiger partial charge in [0.25, 0.3) is 0 Å². The molecule has 0 spiro atoms. The van der Waals surface area contributed by atoms with E-state index in [9.17, 15) is 0 Å². The largest absolute Gasteiger partial charge is 4.00 e. The van der Waals surface area contributed by atoms with Crippen LogP contribution in [0.3, 0.4) is 0 Å². The second-order valence-electron chi connectivity index (χ2n) is 9.56. The first-order valence-electron chi connectivity index (χ1n) is 11.9. The van der Waals surface area contributed by atoms with Crippen LogP contribution in [0.4, 0.5) is 0 Å². The number of aryl methyl sites for hydroxylation is 1. The van der Waals surface area contributed by atoms with Crippen LogP contribution in [0.5, 0.6) is 0 Å². The van der Waals surface area contributed by atoms with Crippen LogP contribution in [0.25, 0.3) is 5.57 Å². The SMILES string of the molecule is CC(CC1=[C-]Cc2ccc3c(c21)CCC3)c1ccccc1.Cc1c(C)c(C)[c-](C)c1C.[CH3-].[CH3-].[Hf+4]. The summed E-state index contributed by atoms with van der Waals surface area (Å²) in [5.41, 5.74) is 16.5. The first-order valence-corrected chi connectivity index (χ1v) is 11.9. The van der Waals surface area contributed by atoms with Gasteiger partial charge in [-0.3, -0.25) is 6.08 Å². The summed E-state index contributed by atoms with van der Waals surface area (Å²) in [6, 6.07) is 15.6. The van der Waals surface area contributed by atoms with Crippen molar-refractivity contribution in [2.45, 2.75) is 79.6 Å². The van der Waals surface area contributed by atoms with E-state index in [2.05, 4.69) is 90.1 Å². The zero-order valence-electron chi connectivity index (χ0n) is 22.7. The fraction of sp³-hybridized carbons (Fsp3) is 0.364. The smallest absolute Gasteiger partial charge is 0.358 e. The predicted molar refractivity (Wildman–Crippen MR) is 147 cm³/mol. The molecule has 0 N–H and O–H groups in total. The minimum Gasteiger partial charge on any atom is -0.358 e. The molecular weight excluding hydrogens is 575 g/mol. The fourth-order valence-electron chi connectivity index (χ4n) is 5.31. The number of hydrogen-bond acceptors (Lipinski definition) is 0. The van der Waals surface area contributed by atoms with Gasteiger partial charge in [0.05, 0.1) is 0 Å². The molecule has 1 heteroatoms. The number of allylic oxidation sites excluding steroid dienone is 2. The molecule has 34 heavy (non-hydrogen) atoms. The summed E-state index contributed by atoms with van der Waals surface area (Å²) >= 11 is 0. The van der Waals surface area contributed by atoms with Crippen molar-refractivity contribution >= 4 is 5.57 Å². The molecule has 1 unspecified atom stereocenters. The van der Waals surface area contributed by atoms with Crippen molar-refractivity contribution in [1.29, 1.82) is 0 Å². The number of benzene rings is 2. The average Bonchev–Trinajstić information content (AvgIpc) is 3.47. The van der Waals surface area contributed by atoms with Gasteiger partial charge >= 0.3 is 25.8 Å². The van der Waals surface area contributed by atoms with Crippen LogP contribution in [0.1, 0.15) is 81.3 Å². The minimum atomic E-state index is 0. The van der Waals surface area contributed by atoms with Gasteiger partial charge in [0.1, 0.15) is 0 Å². The second-order valence-corrected chi connectivity index (χ2v) is 9.56. The molecule has 3 aromatic rings. The summed E-state index contributed by atoms with van der Waals surface area (Å²) in [6.45, 7) is 13.3. The Morgan fingerprint density at radius 1 is 0.853 bits per heavy atom. The van der Waals surface area contributed by atoms with Crippen molar-refractivity contribution in [2.75, 3.05) is 0 Å². The monoisotopic (exact) mass is 618 g/mol. The van der Waals surface area contributed by atoms with Gasteiger partial charge in [-0.25, -0.2) is 5.57 Å². The van der Waals surface area contributed by atoms with Gasteiger partial charge < -0.3 is 14.9 Å². The molecule has 0 amide bonds. The standard InChI is InChI=1S/C21H21.C10H15.2CH3.Hf/c1-15(16-6-3-2-4-7-16)14-19-13-12-18-11-10-17-8-5-9-20(17)21(18)19;1-6-7(2)9(4)10(5)8(6)3;;;/h2-4,6-7,10-11,15H,5,8-9,12,14H2,1H3;1-5H3;2*1H3;/q4*-1;+4. The summed E-state index contributed by atoms with van der Waals surface area (Å²) in [4.78, 5) is 0. The summed E-state index contributed by atoms with van der Waals surface area (Å²) in [5.74, 6) is 0.567. The van der Waals surface area contributed by atoms with E-state index in [-0.39, 0.29) is 40.7 Å². The first kappa shape index (κ1) is 30.4. The van der Waals surface area contributed by atoms with E-state index in [1.807, 2.05) is 0 Å². The van der Waals surface area contributed by atoms with Crippen LogP contribution in [-0.4, -0.2) is 0 Å². The van der Waals surface area contributed by atoms with E-state index in [0.29, 0.717) is 5.92 Å². The van der Waals surface area contributed by atoms with Gasteiger partial charge in [0.2, 0.25) is 0 Å². The third kappa shape index (κ3) is 5.96. The van der Waals surface area contributed by atoms with Gasteiger partial charge in [-0.1, -0.05) is 96.0 Å². The zero-order chi connectivity index (χ0) is 22.1. The Balaban J connectivity index is 0.000000385. The van der Waals surface area contributed by atoms with Crippen LogP contribution < -0.4 is 0 Å². The molecule has 5 rings (SSSR count). The van der Waals surface area contributed by atoms with Gasteiger partial charge in [-0.05, 0) is 30.7 Å². The Labute approximate surface area is 229 Å². The maximum absolute atomic E-state index is 3.67. The molecule has 2 aliphatic rings. The molecule has 0 nitrogen and oxygen atoms in total. The molecule has 0 aromatic heterocycles. The zero-order valence-corrected chi connectivity index (χ0v) is 26.2. The van der Waals surface area contributed by atoms with Crippen molar-refractivity contribution in [3.63, 3.8) is 0 Å². The van der Waals surface area contributed by atoms with E-state index in [1.165, 1.54) is 63.8 Å². The van der Waals surface area contributed by atoms with Gasteiger partial charge in [-0.15, -0.1) is 17.5 Å². The van der Waals surface area contributed by atoms with Crippen LogP contribution in [-0.2, 0) is 45.1 Å². The van der Waals surface area contributed by atoms with Gasteiger partial charge in [0, 0.05) is 0 Å². The van der Waals surface area contributed by atoms with E-state index in [1.54, 1.807) is 16.7 Å². The maximum Gasteiger partial charge on any atom is 4.00 e. The molecule has 178 valence electrons. The van der Waals surface area contributed by atoms with Crippen molar-refractivity contribution < 1.29 is 25.8 Å². The van der Waals surface area contributed by atoms with Gasteiger partial charge in [0.15, 0.2) is 0 Å².